The van der Waals surface area contributed by atoms with Gasteiger partial charge in [0.25, 0.3) is 0 Å². The molecule has 0 unspecified atom stereocenters. The number of Topliss-reactive ketones (excluding diaryl/α,β-unsaturated/α-hetero) is 1. The maximum absolute atomic E-state index is 13.3. The molecule has 0 spiro atoms. The van der Waals surface area contributed by atoms with E-state index in [-0.39, 0.29) is 35.8 Å². The molecule has 1 amide bonds. The van der Waals surface area contributed by atoms with Crippen molar-refractivity contribution in [2.75, 3.05) is 14.2 Å². The minimum Gasteiger partial charge on any atom is -0.497 e. The first-order chi connectivity index (χ1) is 14.0. The summed E-state index contributed by atoms with van der Waals surface area (Å²) < 4.78 is 24.1. The number of carbonyl (C=O) groups excluding carboxylic acids is 2. The molecule has 4 rings (SSSR count). The summed E-state index contributed by atoms with van der Waals surface area (Å²) in [5, 5.41) is 2.90. The molecule has 6 heteroatoms. The highest BCUT2D eigenvalue weighted by atomic mass is 19.1. The van der Waals surface area contributed by atoms with E-state index in [1.165, 1.54) is 12.1 Å². The average Bonchev–Trinajstić information content (AvgIpc) is 2.72. The largest absolute Gasteiger partial charge is 0.497 e. The molecule has 5 nitrogen and oxygen atoms in total. The SMILES string of the molecule is COc1ccc(OC)c([C@H]2CC(=O)C3=C(C2)NC(=O)C[C@@H]3c2ccc(F)cc2)c1. The molecule has 0 aromatic heterocycles. The van der Waals surface area contributed by atoms with Gasteiger partial charge in [-0.1, -0.05) is 12.1 Å². The number of ether oxygens (including phenoxy) is 2. The summed E-state index contributed by atoms with van der Waals surface area (Å²) in [5.74, 6) is 0.413. The molecule has 1 aliphatic carbocycles. The lowest BCUT2D eigenvalue weighted by Crippen LogP contribution is -2.38. The van der Waals surface area contributed by atoms with E-state index >= 15 is 0 Å². The molecule has 0 fully saturated rings. The highest BCUT2D eigenvalue weighted by Crippen LogP contribution is 2.45. The maximum atomic E-state index is 13.3. The minimum absolute atomic E-state index is 0.00421. The Kier molecular flexibility index (Phi) is 5.09. The van der Waals surface area contributed by atoms with Crippen molar-refractivity contribution in [3.05, 3.63) is 70.7 Å². The first-order valence-electron chi connectivity index (χ1n) is 9.53. The van der Waals surface area contributed by atoms with E-state index < -0.39 is 0 Å². The Bertz CT molecular complexity index is 996. The zero-order chi connectivity index (χ0) is 20.5. The number of methoxy groups -OCH3 is 2. The molecule has 2 aliphatic rings. The number of hydrogen-bond donors (Lipinski definition) is 1. The van der Waals surface area contributed by atoms with Crippen LogP contribution in [0.15, 0.2) is 53.7 Å². The van der Waals surface area contributed by atoms with Crippen LogP contribution in [0.3, 0.4) is 0 Å². The van der Waals surface area contributed by atoms with E-state index in [1.54, 1.807) is 26.4 Å². The molecule has 1 heterocycles. The molecule has 0 radical (unpaired) electrons. The zero-order valence-corrected chi connectivity index (χ0v) is 16.3. The van der Waals surface area contributed by atoms with Crippen molar-refractivity contribution < 1.29 is 23.5 Å². The molecule has 29 heavy (non-hydrogen) atoms. The van der Waals surface area contributed by atoms with Crippen LogP contribution >= 0.6 is 0 Å². The molecule has 1 N–H and O–H groups in total. The Hall–Kier alpha value is -3.15. The fourth-order valence-electron chi connectivity index (χ4n) is 4.32. The summed E-state index contributed by atoms with van der Waals surface area (Å²) in [6.07, 6.45) is 1.02. The van der Waals surface area contributed by atoms with Gasteiger partial charge in [0.05, 0.1) is 14.2 Å². The second-order valence-corrected chi connectivity index (χ2v) is 7.38. The Morgan fingerprint density at radius 2 is 1.72 bits per heavy atom. The second kappa shape index (κ2) is 7.70. The maximum Gasteiger partial charge on any atom is 0.225 e. The van der Waals surface area contributed by atoms with E-state index in [2.05, 4.69) is 5.32 Å². The monoisotopic (exact) mass is 395 g/mol. The lowest BCUT2D eigenvalue weighted by Gasteiger charge is -2.34. The van der Waals surface area contributed by atoms with E-state index in [0.29, 0.717) is 35.6 Å². The quantitative estimate of drug-likeness (QED) is 0.854. The van der Waals surface area contributed by atoms with E-state index in [9.17, 15) is 14.0 Å². The Balaban J connectivity index is 1.72. The number of carbonyl (C=O) groups is 2. The summed E-state index contributed by atoms with van der Waals surface area (Å²) in [7, 11) is 3.18. The number of allylic oxidation sites excluding steroid dienone is 2. The van der Waals surface area contributed by atoms with Gasteiger partial charge in [0.15, 0.2) is 5.78 Å². The van der Waals surface area contributed by atoms with Gasteiger partial charge in [0.2, 0.25) is 5.91 Å². The highest BCUT2D eigenvalue weighted by Gasteiger charge is 2.38. The number of hydrogen-bond acceptors (Lipinski definition) is 4. The molecule has 0 saturated carbocycles. The van der Waals surface area contributed by atoms with Crippen LogP contribution in [0, 0.1) is 5.82 Å². The Morgan fingerprint density at radius 3 is 2.41 bits per heavy atom. The molecule has 2 aromatic carbocycles. The Labute approximate surface area is 168 Å². The van der Waals surface area contributed by atoms with Crippen LogP contribution < -0.4 is 14.8 Å². The number of rotatable bonds is 4. The van der Waals surface area contributed by atoms with Crippen molar-refractivity contribution in [1.29, 1.82) is 0 Å². The van der Waals surface area contributed by atoms with Crippen LogP contribution in [-0.4, -0.2) is 25.9 Å². The van der Waals surface area contributed by atoms with Crippen molar-refractivity contribution in [2.45, 2.75) is 31.1 Å². The minimum atomic E-state index is -0.347. The van der Waals surface area contributed by atoms with Gasteiger partial charge in [-0.05, 0) is 42.3 Å². The van der Waals surface area contributed by atoms with Crippen molar-refractivity contribution in [3.63, 3.8) is 0 Å². The number of nitrogens with one attached hydrogen (secondary N) is 1. The van der Waals surface area contributed by atoms with E-state index in [0.717, 1.165) is 11.1 Å². The predicted octanol–water partition coefficient (Wildman–Crippen LogP) is 3.85. The summed E-state index contributed by atoms with van der Waals surface area (Å²) >= 11 is 0. The van der Waals surface area contributed by atoms with Gasteiger partial charge in [0.1, 0.15) is 17.3 Å². The predicted molar refractivity (Wildman–Crippen MR) is 105 cm³/mol. The normalized spacial score (nSPS) is 21.5. The third-order valence-electron chi connectivity index (χ3n) is 5.69. The van der Waals surface area contributed by atoms with E-state index in [1.807, 2.05) is 18.2 Å². The van der Waals surface area contributed by atoms with Crippen LogP contribution in [0.5, 0.6) is 11.5 Å². The Morgan fingerprint density at radius 1 is 0.966 bits per heavy atom. The molecule has 1 aliphatic heterocycles. The molecule has 0 saturated heterocycles. The van der Waals surface area contributed by atoms with Crippen LogP contribution in [0.4, 0.5) is 4.39 Å². The molecule has 2 aromatic rings. The van der Waals surface area contributed by atoms with Crippen molar-refractivity contribution in [1.82, 2.24) is 5.32 Å². The standard InChI is InChI=1S/C23H22FNO4/c1-28-16-7-8-21(29-2)17(11-16)14-9-19-23(20(26)10-14)18(12-22(27)25-19)13-3-5-15(24)6-4-13/h3-8,11,14,18H,9-10,12H2,1-2H3,(H,25,27)/t14-,18-/m1/s1. The van der Waals surface area contributed by atoms with Crippen molar-refractivity contribution in [2.24, 2.45) is 0 Å². The van der Waals surface area contributed by atoms with Gasteiger partial charge >= 0.3 is 0 Å². The summed E-state index contributed by atoms with van der Waals surface area (Å²) in [4.78, 5) is 25.5. The first-order valence-corrected chi connectivity index (χ1v) is 9.53. The topological polar surface area (TPSA) is 64.6 Å². The van der Waals surface area contributed by atoms with Gasteiger partial charge in [-0.25, -0.2) is 4.39 Å². The van der Waals surface area contributed by atoms with Crippen LogP contribution in [-0.2, 0) is 9.59 Å². The van der Waals surface area contributed by atoms with Crippen LogP contribution in [0.25, 0.3) is 0 Å². The van der Waals surface area contributed by atoms with Gasteiger partial charge in [-0.3, -0.25) is 9.59 Å². The van der Waals surface area contributed by atoms with Crippen LogP contribution in [0.2, 0.25) is 0 Å². The van der Waals surface area contributed by atoms with Gasteiger partial charge in [-0.2, -0.15) is 0 Å². The van der Waals surface area contributed by atoms with Crippen molar-refractivity contribution >= 4 is 11.7 Å². The molecular weight excluding hydrogens is 373 g/mol. The lowest BCUT2D eigenvalue weighted by molar-refractivity contribution is -0.122. The van der Waals surface area contributed by atoms with Gasteiger partial charge in [0, 0.05) is 41.5 Å². The first kappa shape index (κ1) is 19.2. The summed E-state index contributed by atoms with van der Waals surface area (Å²) in [5.41, 5.74) is 2.94. The third kappa shape index (κ3) is 3.62. The lowest BCUT2D eigenvalue weighted by atomic mass is 9.73. The third-order valence-corrected chi connectivity index (χ3v) is 5.69. The summed E-state index contributed by atoms with van der Waals surface area (Å²) in [6, 6.07) is 11.5. The molecule has 2 atom stereocenters. The molecule has 0 bridgehead atoms. The highest BCUT2D eigenvalue weighted by molar-refractivity contribution is 6.02. The second-order valence-electron chi connectivity index (χ2n) is 7.38. The summed E-state index contributed by atoms with van der Waals surface area (Å²) in [6.45, 7) is 0. The number of amides is 1. The van der Waals surface area contributed by atoms with Gasteiger partial charge in [-0.15, -0.1) is 0 Å². The number of benzene rings is 2. The molecular formula is C23H22FNO4. The fourth-order valence-corrected chi connectivity index (χ4v) is 4.32. The van der Waals surface area contributed by atoms with Crippen molar-refractivity contribution in [3.8, 4) is 11.5 Å². The smallest absolute Gasteiger partial charge is 0.225 e. The van der Waals surface area contributed by atoms with Crippen LogP contribution in [0.1, 0.15) is 42.2 Å². The average molecular weight is 395 g/mol. The van der Waals surface area contributed by atoms with E-state index in [4.69, 9.17) is 9.47 Å². The number of ketones is 1. The fraction of sp³-hybridized carbons (Fsp3) is 0.304. The zero-order valence-electron chi connectivity index (χ0n) is 16.3. The molecule has 150 valence electrons. The van der Waals surface area contributed by atoms with Gasteiger partial charge < -0.3 is 14.8 Å². The number of halogens is 1.